The topological polar surface area (TPSA) is 94.5 Å². The number of allylic oxidation sites excluding steroid dienone is 3. The minimum absolute atomic E-state index is 0.0965. The van der Waals surface area contributed by atoms with Gasteiger partial charge in [-0.15, -0.1) is 0 Å². The van der Waals surface area contributed by atoms with Crippen molar-refractivity contribution in [1.29, 1.82) is 0 Å². The molecule has 9 heteroatoms. The zero-order valence-electron chi connectivity index (χ0n) is 15.8. The van der Waals surface area contributed by atoms with Gasteiger partial charge in [-0.2, -0.15) is 8.78 Å². The summed E-state index contributed by atoms with van der Waals surface area (Å²) in [5.41, 5.74) is 13.4. The maximum absolute atomic E-state index is 12.3. The van der Waals surface area contributed by atoms with Crippen LogP contribution >= 0.6 is 11.3 Å². The summed E-state index contributed by atoms with van der Waals surface area (Å²) < 4.78 is 28.9. The van der Waals surface area contributed by atoms with Crippen molar-refractivity contribution < 1.29 is 18.3 Å². The summed E-state index contributed by atoms with van der Waals surface area (Å²) in [5, 5.41) is 0.583. The SMILES string of the molecule is C[C@H](C(N)=O)N(C1=CCCC=C1)c1nc(N)c(Cc2ccc(OC(F)F)cc2)s1. The van der Waals surface area contributed by atoms with Crippen molar-refractivity contribution in [3.8, 4) is 5.75 Å². The average molecular weight is 420 g/mol. The molecule has 1 heterocycles. The monoisotopic (exact) mass is 420 g/mol. The number of benzene rings is 1. The molecule has 1 aromatic carbocycles. The van der Waals surface area contributed by atoms with Gasteiger partial charge in [0.25, 0.3) is 0 Å². The van der Waals surface area contributed by atoms with Gasteiger partial charge in [-0.05, 0) is 43.5 Å². The lowest BCUT2D eigenvalue weighted by Gasteiger charge is -2.28. The van der Waals surface area contributed by atoms with E-state index in [-0.39, 0.29) is 5.75 Å². The lowest BCUT2D eigenvalue weighted by atomic mass is 10.1. The molecule has 0 spiro atoms. The number of carbonyl (C=O) groups is 1. The maximum Gasteiger partial charge on any atom is 0.387 e. The Bertz CT molecular complexity index is 925. The van der Waals surface area contributed by atoms with E-state index in [1.807, 2.05) is 18.2 Å². The second-order valence-electron chi connectivity index (χ2n) is 6.56. The Kier molecular flexibility index (Phi) is 6.48. The van der Waals surface area contributed by atoms with Gasteiger partial charge in [0.15, 0.2) is 5.13 Å². The Morgan fingerprint density at radius 1 is 1.31 bits per heavy atom. The highest BCUT2D eigenvalue weighted by molar-refractivity contribution is 7.16. The number of nitrogen functional groups attached to an aromatic ring is 1. The molecule has 1 atom stereocenters. The van der Waals surface area contributed by atoms with Gasteiger partial charge in [0.2, 0.25) is 5.91 Å². The maximum atomic E-state index is 12.3. The van der Waals surface area contributed by atoms with Gasteiger partial charge < -0.3 is 21.1 Å². The van der Waals surface area contributed by atoms with Gasteiger partial charge in [0.05, 0.1) is 4.88 Å². The molecule has 1 aromatic heterocycles. The third kappa shape index (κ3) is 5.11. The van der Waals surface area contributed by atoms with E-state index in [4.69, 9.17) is 11.5 Å². The average Bonchev–Trinajstić information content (AvgIpc) is 3.03. The molecule has 0 saturated heterocycles. The van der Waals surface area contributed by atoms with Crippen LogP contribution in [-0.2, 0) is 11.2 Å². The molecule has 2 aromatic rings. The molecule has 0 fully saturated rings. The summed E-state index contributed by atoms with van der Waals surface area (Å²) in [5.74, 6) is -0.00558. The number of primary amides is 1. The van der Waals surface area contributed by atoms with E-state index < -0.39 is 18.6 Å². The Morgan fingerprint density at radius 2 is 2.03 bits per heavy atom. The first-order valence-corrected chi connectivity index (χ1v) is 9.91. The van der Waals surface area contributed by atoms with Crippen LogP contribution in [0.2, 0.25) is 0 Å². The van der Waals surface area contributed by atoms with E-state index in [9.17, 15) is 13.6 Å². The van der Waals surface area contributed by atoms with Crippen LogP contribution in [0, 0.1) is 0 Å². The number of alkyl halides is 2. The number of rotatable bonds is 8. The molecular formula is C20H22F2N4O2S. The number of hydrogen-bond acceptors (Lipinski definition) is 6. The summed E-state index contributed by atoms with van der Waals surface area (Å²) >= 11 is 1.37. The fourth-order valence-corrected chi connectivity index (χ4v) is 4.07. The van der Waals surface area contributed by atoms with Crippen LogP contribution in [0.4, 0.5) is 19.7 Å². The summed E-state index contributed by atoms with van der Waals surface area (Å²) in [6.45, 7) is -1.13. The van der Waals surface area contributed by atoms with E-state index in [2.05, 4.69) is 9.72 Å². The van der Waals surface area contributed by atoms with Gasteiger partial charge >= 0.3 is 6.61 Å². The van der Waals surface area contributed by atoms with Crippen LogP contribution in [0.25, 0.3) is 0 Å². The zero-order valence-corrected chi connectivity index (χ0v) is 16.7. The molecular weight excluding hydrogens is 398 g/mol. The number of nitrogens with zero attached hydrogens (tertiary/aromatic N) is 2. The van der Waals surface area contributed by atoms with E-state index in [0.29, 0.717) is 17.4 Å². The highest BCUT2D eigenvalue weighted by atomic mass is 32.1. The summed E-state index contributed by atoms with van der Waals surface area (Å²) in [4.78, 5) is 18.9. The number of carbonyl (C=O) groups excluding carboxylic acids is 1. The minimum Gasteiger partial charge on any atom is -0.435 e. The molecule has 1 aliphatic rings. The molecule has 4 N–H and O–H groups in total. The molecule has 29 heavy (non-hydrogen) atoms. The summed E-state index contributed by atoms with van der Waals surface area (Å²) in [6.07, 6.45) is 8.32. The molecule has 0 bridgehead atoms. The number of halogens is 2. The van der Waals surface area contributed by atoms with Crippen LogP contribution < -0.4 is 21.1 Å². The fraction of sp³-hybridized carbons (Fsp3) is 0.300. The van der Waals surface area contributed by atoms with Crippen molar-refractivity contribution in [1.82, 2.24) is 4.98 Å². The predicted octanol–water partition coefficient (Wildman–Crippen LogP) is 3.83. The molecule has 1 amide bonds. The van der Waals surface area contributed by atoms with Gasteiger partial charge in [-0.3, -0.25) is 4.79 Å². The van der Waals surface area contributed by atoms with E-state index in [1.165, 1.54) is 23.5 Å². The van der Waals surface area contributed by atoms with Crippen LogP contribution in [0.1, 0.15) is 30.2 Å². The number of nitrogens with two attached hydrogens (primary N) is 2. The molecule has 154 valence electrons. The predicted molar refractivity (Wildman–Crippen MR) is 110 cm³/mol. The molecule has 6 nitrogen and oxygen atoms in total. The second-order valence-corrected chi connectivity index (χ2v) is 7.62. The van der Waals surface area contributed by atoms with Crippen LogP contribution in [-0.4, -0.2) is 23.5 Å². The Morgan fingerprint density at radius 3 is 2.62 bits per heavy atom. The first-order valence-electron chi connectivity index (χ1n) is 9.09. The quantitative estimate of drug-likeness (QED) is 0.677. The molecule has 1 aliphatic carbocycles. The number of amides is 1. The van der Waals surface area contributed by atoms with Crippen LogP contribution in [0.5, 0.6) is 5.75 Å². The van der Waals surface area contributed by atoms with Gasteiger partial charge in [-0.1, -0.05) is 35.6 Å². The molecule has 0 saturated carbocycles. The van der Waals surface area contributed by atoms with E-state index in [0.717, 1.165) is 29.0 Å². The number of thiazole rings is 1. The smallest absolute Gasteiger partial charge is 0.387 e. The third-order valence-corrected chi connectivity index (χ3v) is 5.56. The molecule has 0 aliphatic heterocycles. The Balaban J connectivity index is 1.84. The van der Waals surface area contributed by atoms with E-state index >= 15 is 0 Å². The van der Waals surface area contributed by atoms with Crippen molar-refractivity contribution in [3.63, 3.8) is 0 Å². The normalized spacial score (nSPS) is 14.6. The number of aromatic nitrogens is 1. The van der Waals surface area contributed by atoms with Gasteiger partial charge in [0, 0.05) is 12.1 Å². The van der Waals surface area contributed by atoms with Crippen molar-refractivity contribution in [3.05, 3.63) is 58.6 Å². The summed E-state index contributed by atoms with van der Waals surface area (Å²) in [6, 6.07) is 5.78. The number of anilines is 2. The van der Waals surface area contributed by atoms with E-state index in [1.54, 1.807) is 24.0 Å². The standard InChI is InChI=1S/C20H22F2N4O2S/c1-12(18(24)27)26(14-5-3-2-4-6-14)20-25-17(23)16(29-20)11-13-7-9-15(10-8-13)28-19(21)22/h3,5-10,12,19H,2,4,11,23H2,1H3,(H2,24,27)/t12-/m1/s1. The van der Waals surface area contributed by atoms with Crippen molar-refractivity contribution in [2.24, 2.45) is 5.73 Å². The Hall–Kier alpha value is -2.94. The first kappa shape index (κ1) is 20.8. The fourth-order valence-electron chi connectivity index (χ4n) is 2.96. The molecule has 3 rings (SSSR count). The largest absolute Gasteiger partial charge is 0.435 e. The highest BCUT2D eigenvalue weighted by Gasteiger charge is 2.26. The van der Waals surface area contributed by atoms with Gasteiger partial charge in [-0.25, -0.2) is 4.98 Å². The van der Waals surface area contributed by atoms with Crippen molar-refractivity contribution in [2.45, 2.75) is 38.8 Å². The second kappa shape index (κ2) is 9.04. The lowest BCUT2D eigenvalue weighted by Crippen LogP contribution is -2.42. The lowest BCUT2D eigenvalue weighted by molar-refractivity contribution is -0.118. The summed E-state index contributed by atoms with van der Waals surface area (Å²) in [7, 11) is 0. The Labute approximate surface area is 171 Å². The molecule has 0 radical (unpaired) electrons. The van der Waals surface area contributed by atoms with Crippen molar-refractivity contribution in [2.75, 3.05) is 10.6 Å². The molecule has 0 unspecified atom stereocenters. The van der Waals surface area contributed by atoms with Crippen LogP contribution in [0.3, 0.4) is 0 Å². The van der Waals surface area contributed by atoms with Crippen molar-refractivity contribution >= 4 is 28.2 Å². The first-order chi connectivity index (χ1) is 13.8. The van der Waals surface area contributed by atoms with Gasteiger partial charge in [0.1, 0.15) is 17.6 Å². The zero-order chi connectivity index (χ0) is 21.0. The highest BCUT2D eigenvalue weighted by Crippen LogP contribution is 2.34. The minimum atomic E-state index is -2.86. The van der Waals surface area contributed by atoms with Crippen LogP contribution in [0.15, 0.2) is 48.2 Å². The number of ether oxygens (including phenoxy) is 1. The third-order valence-electron chi connectivity index (χ3n) is 4.49. The number of hydrogen-bond donors (Lipinski definition) is 2.